The lowest BCUT2D eigenvalue weighted by Crippen LogP contribution is -2.24. The Bertz CT molecular complexity index is 3580. The Morgan fingerprint density at radius 2 is 1.00 bits per heavy atom. The van der Waals surface area contributed by atoms with Crippen LogP contribution in [0.2, 0.25) is 0 Å². The summed E-state index contributed by atoms with van der Waals surface area (Å²) in [7, 11) is 0. The average molecular weight is 874 g/mol. The van der Waals surface area contributed by atoms with Crippen LogP contribution in [0.25, 0.3) is 90.2 Å². The smallest absolute Gasteiger partial charge is 0.0541 e. The normalized spacial score (nSPS) is 18.3. The first-order valence-electron chi connectivity index (χ1n) is 24.8. The Balaban J connectivity index is 0.741. The molecule has 0 aliphatic heterocycles. The maximum absolute atomic E-state index is 2.52. The number of allylic oxidation sites excluding steroid dienone is 5. The van der Waals surface area contributed by atoms with E-state index in [0.717, 1.165) is 0 Å². The van der Waals surface area contributed by atoms with Gasteiger partial charge in [0.15, 0.2) is 0 Å². The molecule has 8 aromatic carbocycles. The van der Waals surface area contributed by atoms with Crippen molar-refractivity contribution in [1.82, 2.24) is 4.57 Å². The zero-order valence-corrected chi connectivity index (χ0v) is 39.2. The van der Waals surface area contributed by atoms with Crippen molar-refractivity contribution in [2.45, 2.75) is 63.2 Å². The second-order valence-electron chi connectivity index (χ2n) is 20.4. The van der Waals surface area contributed by atoms with Crippen LogP contribution in [-0.4, -0.2) is 4.57 Å². The fraction of sp³-hybridized carbons (Fsp3) is 0.164. The van der Waals surface area contributed by atoms with Gasteiger partial charge >= 0.3 is 0 Å². The van der Waals surface area contributed by atoms with E-state index in [9.17, 15) is 0 Å². The molecule has 328 valence electrons. The Hall–Kier alpha value is -7.48. The fourth-order valence-electron chi connectivity index (χ4n) is 12.9. The van der Waals surface area contributed by atoms with E-state index in [0.29, 0.717) is 11.8 Å². The lowest BCUT2D eigenvalue weighted by Gasteiger charge is -2.29. The van der Waals surface area contributed by atoms with Crippen molar-refractivity contribution in [3.05, 3.63) is 239 Å². The second-order valence-corrected chi connectivity index (χ2v) is 20.4. The predicted octanol–water partition coefficient (Wildman–Crippen LogP) is 17.9. The van der Waals surface area contributed by atoms with E-state index in [4.69, 9.17) is 0 Å². The van der Waals surface area contributed by atoms with Gasteiger partial charge in [-0.2, -0.15) is 0 Å². The predicted molar refractivity (Wildman–Crippen MR) is 289 cm³/mol. The van der Waals surface area contributed by atoms with E-state index >= 15 is 0 Å². The molecule has 68 heavy (non-hydrogen) atoms. The molecule has 1 heterocycles. The van der Waals surface area contributed by atoms with Crippen molar-refractivity contribution in [2.75, 3.05) is 0 Å². The van der Waals surface area contributed by atoms with Crippen molar-refractivity contribution in [2.24, 2.45) is 5.92 Å². The van der Waals surface area contributed by atoms with Gasteiger partial charge in [-0.15, -0.1) is 0 Å². The van der Waals surface area contributed by atoms with Crippen LogP contribution in [0.1, 0.15) is 91.3 Å². The minimum atomic E-state index is 0.0680. The van der Waals surface area contributed by atoms with Gasteiger partial charge in [0.05, 0.1) is 11.0 Å². The summed E-state index contributed by atoms with van der Waals surface area (Å²) in [6.45, 7) is 6.91. The first-order chi connectivity index (χ1) is 33.4. The number of fused-ring (bicyclic) bond motifs is 11. The lowest BCUT2D eigenvalue weighted by molar-refractivity contribution is 0.394. The third-order valence-electron chi connectivity index (χ3n) is 16.4. The van der Waals surface area contributed by atoms with Crippen LogP contribution in [0.3, 0.4) is 0 Å². The molecule has 2 unspecified atom stereocenters. The van der Waals surface area contributed by atoms with Crippen molar-refractivity contribution >= 4 is 40.0 Å². The summed E-state index contributed by atoms with van der Waals surface area (Å²) in [6.07, 6.45) is 23.0. The molecule has 1 aromatic heterocycles. The summed E-state index contributed by atoms with van der Waals surface area (Å²) in [5.74, 6) is 0.943. The summed E-state index contributed by atoms with van der Waals surface area (Å²) < 4.78 is 2.47. The molecule has 2 atom stereocenters. The molecule has 0 radical (unpaired) electrons. The molecule has 0 bridgehead atoms. The molecule has 13 rings (SSSR count). The van der Waals surface area contributed by atoms with E-state index in [1.54, 1.807) is 0 Å². The summed E-state index contributed by atoms with van der Waals surface area (Å²) in [6, 6.07) is 64.7. The molecule has 1 nitrogen and oxygen atoms in total. The van der Waals surface area contributed by atoms with E-state index in [1.807, 2.05) is 0 Å². The van der Waals surface area contributed by atoms with Crippen LogP contribution in [0.15, 0.2) is 200 Å². The van der Waals surface area contributed by atoms with Crippen molar-refractivity contribution in [3.8, 4) is 50.2 Å². The fourth-order valence-corrected chi connectivity index (χ4v) is 12.9. The molecule has 4 aliphatic rings. The van der Waals surface area contributed by atoms with Gasteiger partial charge in [-0.25, -0.2) is 0 Å². The SMILES string of the molecule is C/C=C/c1ccc(-c2ccc3c(c2)C2(CCCC2)c2cc(-c4ccc(/C=C/c5ccc(-c6ccc7c(c6)c6ccccc6n7-c6ccc7c(c6)C(C)(C)C6C=CC=CC76)cc5)cc4)ccc2-3)cc1. The molecule has 0 saturated heterocycles. The summed E-state index contributed by atoms with van der Waals surface area (Å²) in [4.78, 5) is 0. The van der Waals surface area contributed by atoms with Gasteiger partial charge in [-0.1, -0.05) is 203 Å². The highest BCUT2D eigenvalue weighted by Gasteiger charge is 2.46. The number of hydrogen-bond donors (Lipinski definition) is 0. The number of aromatic nitrogens is 1. The number of rotatable bonds is 7. The Labute approximate surface area is 401 Å². The van der Waals surface area contributed by atoms with Crippen molar-refractivity contribution < 1.29 is 0 Å². The topological polar surface area (TPSA) is 4.93 Å². The van der Waals surface area contributed by atoms with Gasteiger partial charge < -0.3 is 4.57 Å². The highest BCUT2D eigenvalue weighted by atomic mass is 15.0. The highest BCUT2D eigenvalue weighted by molar-refractivity contribution is 6.10. The van der Waals surface area contributed by atoms with Gasteiger partial charge in [0.2, 0.25) is 0 Å². The average Bonchev–Trinajstić information content (AvgIpc) is 4.14. The molecular formula is C67H55N. The molecule has 0 amide bonds. The van der Waals surface area contributed by atoms with Crippen LogP contribution in [0.5, 0.6) is 0 Å². The van der Waals surface area contributed by atoms with Crippen LogP contribution >= 0.6 is 0 Å². The number of para-hydroxylation sites is 1. The van der Waals surface area contributed by atoms with Crippen LogP contribution < -0.4 is 0 Å². The highest BCUT2D eigenvalue weighted by Crippen LogP contribution is 2.58. The molecule has 9 aromatic rings. The van der Waals surface area contributed by atoms with Gasteiger partial charge in [0, 0.05) is 27.8 Å². The number of benzene rings is 8. The van der Waals surface area contributed by atoms with Crippen molar-refractivity contribution in [1.29, 1.82) is 0 Å². The number of hydrogen-bond acceptors (Lipinski definition) is 0. The van der Waals surface area contributed by atoms with E-state index < -0.39 is 0 Å². The zero-order chi connectivity index (χ0) is 45.6. The summed E-state index contributed by atoms with van der Waals surface area (Å²) in [5.41, 5.74) is 24.0. The Morgan fingerprint density at radius 3 is 1.62 bits per heavy atom. The van der Waals surface area contributed by atoms with Gasteiger partial charge in [-0.3, -0.25) is 0 Å². The summed E-state index contributed by atoms with van der Waals surface area (Å²) in [5, 5.41) is 2.56. The third kappa shape index (κ3) is 6.43. The minimum absolute atomic E-state index is 0.0680. The van der Waals surface area contributed by atoms with Gasteiger partial charge in [-0.05, 0) is 157 Å². The molecular weight excluding hydrogens is 819 g/mol. The Kier molecular flexibility index (Phi) is 9.48. The van der Waals surface area contributed by atoms with E-state index in [1.165, 1.54) is 137 Å². The maximum Gasteiger partial charge on any atom is 0.0541 e. The molecule has 1 fully saturated rings. The first-order valence-corrected chi connectivity index (χ1v) is 24.8. The van der Waals surface area contributed by atoms with Crippen LogP contribution in [-0.2, 0) is 10.8 Å². The molecule has 4 aliphatic carbocycles. The zero-order valence-electron chi connectivity index (χ0n) is 39.2. The van der Waals surface area contributed by atoms with Gasteiger partial charge in [0.25, 0.3) is 0 Å². The maximum atomic E-state index is 2.52. The minimum Gasteiger partial charge on any atom is -0.309 e. The number of nitrogens with zero attached hydrogens (tertiary/aromatic N) is 1. The largest absolute Gasteiger partial charge is 0.309 e. The van der Waals surface area contributed by atoms with Crippen LogP contribution in [0, 0.1) is 5.92 Å². The molecule has 1 heteroatoms. The quantitative estimate of drug-likeness (QED) is 0.141. The van der Waals surface area contributed by atoms with E-state index in [-0.39, 0.29) is 10.8 Å². The summed E-state index contributed by atoms with van der Waals surface area (Å²) >= 11 is 0. The molecule has 0 N–H and O–H groups in total. The van der Waals surface area contributed by atoms with Gasteiger partial charge in [0.1, 0.15) is 0 Å². The first kappa shape index (κ1) is 40.8. The van der Waals surface area contributed by atoms with Crippen LogP contribution in [0.4, 0.5) is 0 Å². The Morgan fingerprint density at radius 1 is 0.471 bits per heavy atom. The van der Waals surface area contributed by atoms with Crippen molar-refractivity contribution in [3.63, 3.8) is 0 Å². The second kappa shape index (κ2) is 15.8. The lowest BCUT2D eigenvalue weighted by atomic mass is 9.74. The standard InChI is InChI=1S/C67H55N/c1-4-11-44-18-24-48(25-19-44)51-30-34-56-57-35-31-52(42-63(57)67(62(56)41-51)38-9-10-39-67)49-28-22-46(23-29-49)17-16-45-20-26-47(27-21-45)50-32-37-65-59(40-50)58-13-6-8-15-64(58)68(65)53-33-36-55-54-12-5-7-14-60(54)66(2,3)61(55)43-53/h4-8,11-37,40-43,54,60H,9-10,38-39H2,1-3H3/b11-4+,17-16+. The molecule has 1 saturated carbocycles. The molecule has 1 spiro atoms. The monoisotopic (exact) mass is 873 g/mol. The van der Waals surface area contributed by atoms with E-state index in [2.05, 4.69) is 244 Å². The third-order valence-corrected chi connectivity index (χ3v) is 16.4.